The standard InChI is InChI=1S/C10H12FNO.ClH/c11-9-6-7(13)3-4-8(9)10-2-1-5-12-10;/h3-4,6,10,12-13H,1-2,5H2;1H/t10-;/m0./s1. The summed E-state index contributed by atoms with van der Waals surface area (Å²) >= 11 is 0. The van der Waals surface area contributed by atoms with Gasteiger partial charge in [-0.2, -0.15) is 0 Å². The highest BCUT2D eigenvalue weighted by molar-refractivity contribution is 5.85. The van der Waals surface area contributed by atoms with E-state index in [9.17, 15) is 4.39 Å². The molecule has 1 aliphatic heterocycles. The maximum atomic E-state index is 13.3. The minimum Gasteiger partial charge on any atom is -0.508 e. The van der Waals surface area contributed by atoms with Gasteiger partial charge in [0.05, 0.1) is 0 Å². The molecule has 0 spiro atoms. The van der Waals surface area contributed by atoms with Crippen LogP contribution in [0.5, 0.6) is 5.75 Å². The van der Waals surface area contributed by atoms with Crippen molar-refractivity contribution in [2.24, 2.45) is 0 Å². The average molecular weight is 218 g/mol. The molecule has 0 aliphatic carbocycles. The monoisotopic (exact) mass is 217 g/mol. The van der Waals surface area contributed by atoms with E-state index >= 15 is 0 Å². The normalized spacial score (nSPS) is 20.5. The van der Waals surface area contributed by atoms with Gasteiger partial charge in [-0.25, -0.2) is 4.39 Å². The molecule has 1 aliphatic rings. The maximum absolute atomic E-state index is 13.3. The highest BCUT2D eigenvalue weighted by atomic mass is 35.5. The molecule has 2 N–H and O–H groups in total. The zero-order valence-electron chi connectivity index (χ0n) is 7.66. The van der Waals surface area contributed by atoms with Crippen LogP contribution in [0.4, 0.5) is 4.39 Å². The van der Waals surface area contributed by atoms with E-state index in [2.05, 4.69) is 5.32 Å². The second-order valence-corrected chi connectivity index (χ2v) is 3.35. The molecule has 0 amide bonds. The molecule has 0 bridgehead atoms. The van der Waals surface area contributed by atoms with Crippen LogP contribution in [0.3, 0.4) is 0 Å². The predicted molar refractivity (Wildman–Crippen MR) is 55.3 cm³/mol. The molecule has 14 heavy (non-hydrogen) atoms. The van der Waals surface area contributed by atoms with Gasteiger partial charge in [0.25, 0.3) is 0 Å². The van der Waals surface area contributed by atoms with Crippen molar-refractivity contribution in [2.45, 2.75) is 18.9 Å². The lowest BCUT2D eigenvalue weighted by atomic mass is 10.0. The van der Waals surface area contributed by atoms with E-state index < -0.39 is 0 Å². The second-order valence-electron chi connectivity index (χ2n) is 3.35. The number of hydrogen-bond donors (Lipinski definition) is 2. The smallest absolute Gasteiger partial charge is 0.131 e. The fourth-order valence-corrected chi connectivity index (χ4v) is 1.75. The van der Waals surface area contributed by atoms with Crippen LogP contribution in [0.15, 0.2) is 18.2 Å². The molecule has 0 saturated carbocycles. The van der Waals surface area contributed by atoms with Gasteiger partial charge in [-0.05, 0) is 25.5 Å². The van der Waals surface area contributed by atoms with Crippen molar-refractivity contribution >= 4 is 12.4 Å². The van der Waals surface area contributed by atoms with Crippen molar-refractivity contribution in [2.75, 3.05) is 6.54 Å². The third-order valence-electron chi connectivity index (χ3n) is 2.42. The van der Waals surface area contributed by atoms with Gasteiger partial charge >= 0.3 is 0 Å². The lowest BCUT2D eigenvalue weighted by molar-refractivity contribution is 0.465. The number of rotatable bonds is 1. The minimum absolute atomic E-state index is 0. The van der Waals surface area contributed by atoms with Crippen molar-refractivity contribution in [1.82, 2.24) is 5.32 Å². The summed E-state index contributed by atoms with van der Waals surface area (Å²) in [5.74, 6) is -0.335. The Balaban J connectivity index is 0.000000980. The molecule has 1 aromatic carbocycles. The molecule has 4 heteroatoms. The van der Waals surface area contributed by atoms with Crippen LogP contribution in [0.2, 0.25) is 0 Å². The maximum Gasteiger partial charge on any atom is 0.131 e. The molecular formula is C10H13ClFNO. The molecule has 0 aromatic heterocycles. The van der Waals surface area contributed by atoms with Crippen molar-refractivity contribution in [3.05, 3.63) is 29.6 Å². The third-order valence-corrected chi connectivity index (χ3v) is 2.42. The van der Waals surface area contributed by atoms with Gasteiger partial charge in [0.1, 0.15) is 11.6 Å². The van der Waals surface area contributed by atoms with Gasteiger partial charge in [0, 0.05) is 17.7 Å². The molecule has 78 valence electrons. The quantitative estimate of drug-likeness (QED) is 0.757. The number of nitrogens with one attached hydrogen (secondary N) is 1. The van der Waals surface area contributed by atoms with Gasteiger partial charge in [0.2, 0.25) is 0 Å². The van der Waals surface area contributed by atoms with E-state index in [4.69, 9.17) is 5.11 Å². The zero-order chi connectivity index (χ0) is 9.26. The Morgan fingerprint density at radius 1 is 1.43 bits per heavy atom. The van der Waals surface area contributed by atoms with Crippen LogP contribution in [0, 0.1) is 5.82 Å². The number of phenols is 1. The van der Waals surface area contributed by atoms with E-state index in [1.165, 1.54) is 6.07 Å². The SMILES string of the molecule is Cl.Oc1ccc([C@@H]2CCCN2)c(F)c1. The fraction of sp³-hybridized carbons (Fsp3) is 0.400. The summed E-state index contributed by atoms with van der Waals surface area (Å²) < 4.78 is 13.3. The summed E-state index contributed by atoms with van der Waals surface area (Å²) in [7, 11) is 0. The molecule has 0 radical (unpaired) electrons. The molecule has 1 atom stereocenters. The predicted octanol–water partition coefficient (Wildman–Crippen LogP) is 2.38. The highest BCUT2D eigenvalue weighted by Gasteiger charge is 2.19. The van der Waals surface area contributed by atoms with E-state index in [-0.39, 0.29) is 30.0 Å². The van der Waals surface area contributed by atoms with Crippen LogP contribution in [0.25, 0.3) is 0 Å². The largest absolute Gasteiger partial charge is 0.508 e. The topological polar surface area (TPSA) is 32.3 Å². The van der Waals surface area contributed by atoms with Gasteiger partial charge in [0.15, 0.2) is 0 Å². The van der Waals surface area contributed by atoms with Crippen molar-refractivity contribution < 1.29 is 9.50 Å². The minimum atomic E-state index is -0.320. The van der Waals surface area contributed by atoms with Gasteiger partial charge in [-0.1, -0.05) is 6.07 Å². The van der Waals surface area contributed by atoms with Crippen molar-refractivity contribution in [3.63, 3.8) is 0 Å². The first-order valence-corrected chi connectivity index (χ1v) is 4.49. The van der Waals surface area contributed by atoms with E-state index in [1.54, 1.807) is 6.07 Å². The van der Waals surface area contributed by atoms with E-state index in [0.717, 1.165) is 25.5 Å². The first-order chi connectivity index (χ1) is 6.27. The number of benzene rings is 1. The molecule has 2 rings (SSSR count). The molecule has 1 heterocycles. The number of phenolic OH excluding ortho intramolecular Hbond substituents is 1. The summed E-state index contributed by atoms with van der Waals surface area (Å²) in [5.41, 5.74) is 0.662. The molecular weight excluding hydrogens is 205 g/mol. The summed E-state index contributed by atoms with van der Waals surface area (Å²) in [6.45, 7) is 0.949. The summed E-state index contributed by atoms with van der Waals surface area (Å²) in [4.78, 5) is 0. The number of hydrogen-bond acceptors (Lipinski definition) is 2. The van der Waals surface area contributed by atoms with Crippen molar-refractivity contribution in [1.29, 1.82) is 0 Å². The third kappa shape index (κ3) is 2.16. The van der Waals surface area contributed by atoms with Crippen LogP contribution in [-0.4, -0.2) is 11.7 Å². The average Bonchev–Trinajstić information content (AvgIpc) is 2.56. The molecule has 1 fully saturated rings. The summed E-state index contributed by atoms with van der Waals surface area (Å²) in [6.07, 6.45) is 2.06. The van der Waals surface area contributed by atoms with Crippen molar-refractivity contribution in [3.8, 4) is 5.75 Å². The van der Waals surface area contributed by atoms with Gasteiger partial charge < -0.3 is 10.4 Å². The summed E-state index contributed by atoms with van der Waals surface area (Å²) in [6, 6.07) is 4.46. The van der Waals surface area contributed by atoms with E-state index in [0.29, 0.717) is 5.56 Å². The zero-order valence-corrected chi connectivity index (χ0v) is 8.48. The summed E-state index contributed by atoms with van der Waals surface area (Å²) in [5, 5.41) is 12.2. The lowest BCUT2D eigenvalue weighted by Gasteiger charge is -2.11. The first kappa shape index (κ1) is 11.3. The Kier molecular flexibility index (Phi) is 3.72. The number of aromatic hydroxyl groups is 1. The Bertz CT molecular complexity index is 313. The Morgan fingerprint density at radius 2 is 2.21 bits per heavy atom. The van der Waals surface area contributed by atoms with Gasteiger partial charge in [-0.3, -0.25) is 0 Å². The molecule has 1 saturated heterocycles. The van der Waals surface area contributed by atoms with E-state index in [1.807, 2.05) is 0 Å². The Hall–Kier alpha value is -0.800. The van der Waals surface area contributed by atoms with Gasteiger partial charge in [-0.15, -0.1) is 12.4 Å². The lowest BCUT2D eigenvalue weighted by Crippen LogP contribution is -2.14. The van der Waals surface area contributed by atoms with Crippen LogP contribution in [0.1, 0.15) is 24.4 Å². The molecule has 2 nitrogen and oxygen atoms in total. The van der Waals surface area contributed by atoms with Crippen LogP contribution < -0.4 is 5.32 Å². The molecule has 1 aromatic rings. The fourth-order valence-electron chi connectivity index (χ4n) is 1.75. The highest BCUT2D eigenvalue weighted by Crippen LogP contribution is 2.27. The number of halogens is 2. The first-order valence-electron chi connectivity index (χ1n) is 4.49. The van der Waals surface area contributed by atoms with Crippen LogP contribution in [-0.2, 0) is 0 Å². The Labute approximate surface area is 88.5 Å². The second kappa shape index (κ2) is 4.62. The molecule has 0 unspecified atom stereocenters. The van der Waals surface area contributed by atoms with Crippen LogP contribution >= 0.6 is 12.4 Å². The Morgan fingerprint density at radius 3 is 2.79 bits per heavy atom.